The second kappa shape index (κ2) is 5.47. The Morgan fingerprint density at radius 1 is 1.20 bits per heavy atom. The lowest BCUT2D eigenvalue weighted by molar-refractivity contribution is 0.262. The molecule has 7 nitrogen and oxygen atoms in total. The van der Waals surface area contributed by atoms with Gasteiger partial charge in [0.1, 0.15) is 0 Å². The zero-order valence-corrected chi connectivity index (χ0v) is 11.5. The van der Waals surface area contributed by atoms with Crippen LogP contribution in [0, 0.1) is 0 Å². The van der Waals surface area contributed by atoms with Crippen LogP contribution in [0.1, 0.15) is 24.4 Å². The molecule has 0 amide bonds. The van der Waals surface area contributed by atoms with Crippen LogP contribution < -0.4 is 0 Å². The van der Waals surface area contributed by atoms with Gasteiger partial charge in [-0.05, 0) is 31.5 Å². The Bertz CT molecular complexity index is 600. The second-order valence-electron chi connectivity index (χ2n) is 4.85. The third kappa shape index (κ3) is 3.14. The summed E-state index contributed by atoms with van der Waals surface area (Å²) in [4.78, 5) is 1.82. The first-order chi connectivity index (χ1) is 9.29. The molecule has 8 heteroatoms. The van der Waals surface area contributed by atoms with Crippen molar-refractivity contribution >= 4 is 10.1 Å². The summed E-state index contributed by atoms with van der Waals surface area (Å²) in [5.74, 6) is -1.76. The van der Waals surface area contributed by atoms with E-state index in [1.807, 2.05) is 4.90 Å². The number of hydrogen-bond donors (Lipinski definition) is 4. The molecular formula is C12H17NO6S. The van der Waals surface area contributed by atoms with Crippen LogP contribution in [-0.4, -0.2) is 52.0 Å². The Labute approximate surface area is 116 Å². The van der Waals surface area contributed by atoms with Gasteiger partial charge in [-0.25, -0.2) is 0 Å². The Morgan fingerprint density at radius 2 is 1.90 bits per heavy atom. The maximum absolute atomic E-state index is 10.8. The molecule has 0 aromatic heterocycles. The third-order valence-electron chi connectivity index (χ3n) is 3.52. The van der Waals surface area contributed by atoms with Crippen LogP contribution in [0.15, 0.2) is 12.1 Å². The lowest BCUT2D eigenvalue weighted by atomic mass is 10.0. The molecule has 1 heterocycles. The zero-order valence-electron chi connectivity index (χ0n) is 10.7. The zero-order chi connectivity index (χ0) is 14.9. The highest BCUT2D eigenvalue weighted by Crippen LogP contribution is 2.44. The van der Waals surface area contributed by atoms with Crippen LogP contribution in [-0.2, 0) is 10.1 Å². The average Bonchev–Trinajstić information content (AvgIpc) is 2.81. The summed E-state index contributed by atoms with van der Waals surface area (Å²) in [5.41, 5.74) is 0.438. The van der Waals surface area contributed by atoms with E-state index in [0.717, 1.165) is 6.42 Å². The van der Waals surface area contributed by atoms with Gasteiger partial charge in [0, 0.05) is 18.2 Å². The molecule has 2 rings (SSSR count). The normalized spacial score (nSPS) is 20.4. The fraction of sp³-hybridized carbons (Fsp3) is 0.500. The number of phenols is 3. The van der Waals surface area contributed by atoms with E-state index in [0.29, 0.717) is 18.5 Å². The molecule has 0 bridgehead atoms. The summed E-state index contributed by atoms with van der Waals surface area (Å²) < 4.78 is 30.4. The van der Waals surface area contributed by atoms with E-state index in [9.17, 15) is 23.7 Å². The van der Waals surface area contributed by atoms with Crippen LogP contribution in [0.2, 0.25) is 0 Å². The van der Waals surface area contributed by atoms with Crippen molar-refractivity contribution < 1.29 is 28.3 Å². The van der Waals surface area contributed by atoms with Gasteiger partial charge < -0.3 is 15.3 Å². The van der Waals surface area contributed by atoms with Crippen LogP contribution in [0.25, 0.3) is 0 Å². The number of rotatable bonds is 4. The number of aromatic hydroxyl groups is 3. The number of hydrogen-bond acceptors (Lipinski definition) is 6. The maximum atomic E-state index is 10.8. The van der Waals surface area contributed by atoms with Crippen LogP contribution >= 0.6 is 0 Å². The second-order valence-corrected chi connectivity index (χ2v) is 6.42. The van der Waals surface area contributed by atoms with Gasteiger partial charge in [-0.3, -0.25) is 9.45 Å². The first-order valence-electron chi connectivity index (χ1n) is 6.22. The summed E-state index contributed by atoms with van der Waals surface area (Å²) in [6, 6.07) is 2.54. The van der Waals surface area contributed by atoms with Gasteiger partial charge in [-0.1, -0.05) is 0 Å². The summed E-state index contributed by atoms with van der Waals surface area (Å²) in [5, 5.41) is 28.7. The maximum Gasteiger partial charge on any atom is 0.266 e. The first kappa shape index (κ1) is 14.9. The molecule has 0 radical (unpaired) electrons. The molecule has 1 atom stereocenters. The molecule has 1 unspecified atom stereocenters. The van der Waals surface area contributed by atoms with Crippen LogP contribution in [0.4, 0.5) is 0 Å². The van der Waals surface area contributed by atoms with E-state index in [2.05, 4.69) is 0 Å². The summed E-state index contributed by atoms with van der Waals surface area (Å²) in [6.07, 6.45) is 1.51. The van der Waals surface area contributed by atoms with Crippen molar-refractivity contribution in [1.29, 1.82) is 0 Å². The largest absolute Gasteiger partial charge is 0.504 e. The molecule has 0 saturated carbocycles. The Morgan fingerprint density at radius 3 is 2.55 bits per heavy atom. The molecule has 4 N–H and O–H groups in total. The first-order valence-corrected chi connectivity index (χ1v) is 7.83. The van der Waals surface area contributed by atoms with Crippen molar-refractivity contribution in [1.82, 2.24) is 4.90 Å². The minimum Gasteiger partial charge on any atom is -0.504 e. The van der Waals surface area contributed by atoms with Crippen molar-refractivity contribution in [2.75, 3.05) is 18.8 Å². The number of phenolic OH excluding ortho intramolecular Hbond substituents is 3. The predicted molar refractivity (Wildman–Crippen MR) is 71.4 cm³/mol. The highest BCUT2D eigenvalue weighted by molar-refractivity contribution is 7.85. The van der Waals surface area contributed by atoms with E-state index in [1.54, 1.807) is 0 Å². The molecule has 1 aliphatic rings. The Kier molecular flexibility index (Phi) is 4.07. The fourth-order valence-corrected chi connectivity index (χ4v) is 3.00. The highest BCUT2D eigenvalue weighted by atomic mass is 32.2. The Balaban J connectivity index is 2.21. The van der Waals surface area contributed by atoms with Crippen molar-refractivity contribution in [3.63, 3.8) is 0 Å². The monoisotopic (exact) mass is 303 g/mol. The molecular weight excluding hydrogens is 286 g/mol. The van der Waals surface area contributed by atoms with E-state index in [1.165, 1.54) is 12.1 Å². The number of nitrogens with zero attached hydrogens (tertiary/aromatic N) is 1. The van der Waals surface area contributed by atoms with Crippen molar-refractivity contribution in [2.24, 2.45) is 0 Å². The lowest BCUT2D eigenvalue weighted by Crippen LogP contribution is -2.29. The van der Waals surface area contributed by atoms with Gasteiger partial charge in [-0.2, -0.15) is 8.42 Å². The molecule has 1 aromatic rings. The van der Waals surface area contributed by atoms with Crippen molar-refractivity contribution in [3.05, 3.63) is 17.7 Å². The molecule has 1 aliphatic heterocycles. The molecule has 0 aliphatic carbocycles. The highest BCUT2D eigenvalue weighted by Gasteiger charge is 2.30. The molecule has 112 valence electrons. The van der Waals surface area contributed by atoms with Gasteiger partial charge in [0.05, 0.1) is 5.75 Å². The molecule has 1 saturated heterocycles. The smallest absolute Gasteiger partial charge is 0.266 e. The van der Waals surface area contributed by atoms with E-state index >= 15 is 0 Å². The van der Waals surface area contributed by atoms with Crippen LogP contribution in [0.5, 0.6) is 17.2 Å². The van der Waals surface area contributed by atoms with Crippen molar-refractivity contribution in [3.8, 4) is 17.2 Å². The molecule has 0 spiro atoms. The molecule has 1 fully saturated rings. The average molecular weight is 303 g/mol. The van der Waals surface area contributed by atoms with E-state index in [4.69, 9.17) is 4.55 Å². The van der Waals surface area contributed by atoms with Gasteiger partial charge in [-0.15, -0.1) is 0 Å². The quantitative estimate of drug-likeness (QED) is 0.480. The topological polar surface area (TPSA) is 118 Å². The summed E-state index contributed by atoms with van der Waals surface area (Å²) in [6.45, 7) is 0.784. The van der Waals surface area contributed by atoms with Gasteiger partial charge in [0.2, 0.25) is 5.75 Å². The van der Waals surface area contributed by atoms with E-state index < -0.39 is 27.4 Å². The fourth-order valence-electron chi connectivity index (χ4n) is 2.53. The van der Waals surface area contributed by atoms with Crippen LogP contribution in [0.3, 0.4) is 0 Å². The van der Waals surface area contributed by atoms with Gasteiger partial charge >= 0.3 is 0 Å². The standard InChI is InChI=1S/C12H17NO6S/c14-10-4-3-8(11(15)12(10)16)9-2-1-5-13(9)6-7-20(17,18)19/h3-4,9,14-16H,1-2,5-7H2,(H,17,18,19). The molecule has 1 aromatic carbocycles. The van der Waals surface area contributed by atoms with Gasteiger partial charge in [0.25, 0.3) is 10.1 Å². The van der Waals surface area contributed by atoms with Crippen molar-refractivity contribution in [2.45, 2.75) is 18.9 Å². The number of benzene rings is 1. The minimum absolute atomic E-state index is 0.143. The number of likely N-dealkylation sites (tertiary alicyclic amines) is 1. The minimum atomic E-state index is -4.04. The summed E-state index contributed by atoms with van der Waals surface area (Å²) >= 11 is 0. The predicted octanol–water partition coefficient (Wildman–Crippen LogP) is 0.828. The summed E-state index contributed by atoms with van der Waals surface area (Å²) in [7, 11) is -4.04. The lowest BCUT2D eigenvalue weighted by Gasteiger charge is -2.25. The van der Waals surface area contributed by atoms with E-state index in [-0.39, 0.29) is 18.3 Å². The third-order valence-corrected chi connectivity index (χ3v) is 4.22. The molecule has 20 heavy (non-hydrogen) atoms. The Hall–Kier alpha value is -1.51. The van der Waals surface area contributed by atoms with Gasteiger partial charge in [0.15, 0.2) is 11.5 Å². The SMILES string of the molecule is O=S(=O)(O)CCN1CCCC1c1ccc(O)c(O)c1O.